The fourth-order valence-electron chi connectivity index (χ4n) is 4.22. The molecule has 0 radical (unpaired) electrons. The van der Waals surface area contributed by atoms with Crippen LogP contribution in [0.25, 0.3) is 10.9 Å². The molecule has 1 fully saturated rings. The van der Waals surface area contributed by atoms with Gasteiger partial charge in [-0.05, 0) is 60.2 Å². The third-order valence-electron chi connectivity index (χ3n) is 5.84. The van der Waals surface area contributed by atoms with Crippen LogP contribution in [0.5, 0.6) is 5.75 Å². The first-order valence-corrected chi connectivity index (χ1v) is 10.3. The van der Waals surface area contributed by atoms with Crippen LogP contribution in [0.2, 0.25) is 0 Å². The van der Waals surface area contributed by atoms with Gasteiger partial charge in [0.05, 0.1) is 13.5 Å². The summed E-state index contributed by atoms with van der Waals surface area (Å²) in [6.45, 7) is 3.02. The topological polar surface area (TPSA) is 74.4 Å². The number of nitrogens with zero attached hydrogens (tertiary/aromatic N) is 1. The molecule has 6 heteroatoms. The summed E-state index contributed by atoms with van der Waals surface area (Å²) in [5.74, 6) is 1.35. The molecule has 1 saturated heterocycles. The Balaban J connectivity index is 1.36. The Morgan fingerprint density at radius 1 is 1.13 bits per heavy atom. The molecule has 0 atom stereocenters. The number of H-pyrrole nitrogens is 1. The van der Waals surface area contributed by atoms with Gasteiger partial charge in [0, 0.05) is 42.8 Å². The highest BCUT2D eigenvalue weighted by atomic mass is 16.5. The molecule has 0 bridgehead atoms. The van der Waals surface area contributed by atoms with Crippen LogP contribution < -0.4 is 10.1 Å². The maximum atomic E-state index is 12.8. The average molecular weight is 405 g/mol. The maximum Gasteiger partial charge on any atom is 0.226 e. The number of ether oxygens (including phenoxy) is 1. The lowest BCUT2D eigenvalue weighted by Gasteiger charge is -2.32. The lowest BCUT2D eigenvalue weighted by Crippen LogP contribution is -2.38. The predicted octanol–water partition coefficient (Wildman–Crippen LogP) is 4.08. The van der Waals surface area contributed by atoms with E-state index in [-0.39, 0.29) is 11.8 Å². The second kappa shape index (κ2) is 8.61. The number of hydrogen-bond acceptors (Lipinski definition) is 3. The van der Waals surface area contributed by atoms with Crippen molar-refractivity contribution in [2.45, 2.75) is 32.1 Å². The van der Waals surface area contributed by atoms with E-state index >= 15 is 0 Å². The van der Waals surface area contributed by atoms with Crippen LogP contribution in [0.3, 0.4) is 0 Å². The summed E-state index contributed by atoms with van der Waals surface area (Å²) < 4.78 is 5.38. The summed E-state index contributed by atoms with van der Waals surface area (Å²) >= 11 is 0. The zero-order valence-electron chi connectivity index (χ0n) is 17.4. The number of fused-ring (bicyclic) bond motifs is 1. The minimum Gasteiger partial charge on any atom is -0.497 e. The Labute approximate surface area is 176 Å². The molecule has 6 nitrogen and oxygen atoms in total. The molecule has 2 aromatic carbocycles. The summed E-state index contributed by atoms with van der Waals surface area (Å²) in [7, 11) is 1.69. The van der Waals surface area contributed by atoms with E-state index in [1.54, 1.807) is 7.11 Å². The molecule has 3 aromatic rings. The smallest absolute Gasteiger partial charge is 0.226 e. The van der Waals surface area contributed by atoms with Gasteiger partial charge in [0.1, 0.15) is 5.75 Å². The van der Waals surface area contributed by atoms with E-state index in [4.69, 9.17) is 4.74 Å². The minimum absolute atomic E-state index is 0.102. The van der Waals surface area contributed by atoms with Gasteiger partial charge in [-0.2, -0.15) is 0 Å². The lowest BCUT2D eigenvalue weighted by molar-refractivity contribution is -0.131. The van der Waals surface area contributed by atoms with Crippen LogP contribution in [-0.2, 0) is 16.0 Å². The van der Waals surface area contributed by atoms with E-state index in [0.717, 1.165) is 48.4 Å². The van der Waals surface area contributed by atoms with Crippen LogP contribution >= 0.6 is 0 Å². The molecule has 1 aromatic heterocycles. The Bertz CT molecular complexity index is 1050. The maximum absolute atomic E-state index is 12.8. The summed E-state index contributed by atoms with van der Waals surface area (Å²) in [4.78, 5) is 29.2. The number of nitrogens with one attached hydrogen (secondary N) is 2. The molecule has 2 amide bonds. The van der Waals surface area contributed by atoms with Crippen LogP contribution in [0.1, 0.15) is 36.8 Å². The van der Waals surface area contributed by atoms with Crippen molar-refractivity contribution >= 4 is 28.4 Å². The minimum atomic E-state index is -0.102. The van der Waals surface area contributed by atoms with Gasteiger partial charge in [0.2, 0.25) is 11.8 Å². The van der Waals surface area contributed by atoms with Crippen molar-refractivity contribution in [3.63, 3.8) is 0 Å². The van der Waals surface area contributed by atoms with Crippen LogP contribution in [-0.4, -0.2) is 41.9 Å². The van der Waals surface area contributed by atoms with Crippen molar-refractivity contribution < 1.29 is 14.3 Å². The first-order chi connectivity index (χ1) is 14.5. The zero-order valence-corrected chi connectivity index (χ0v) is 17.4. The van der Waals surface area contributed by atoms with E-state index in [1.165, 1.54) is 17.9 Å². The van der Waals surface area contributed by atoms with E-state index in [0.29, 0.717) is 12.3 Å². The Morgan fingerprint density at radius 2 is 1.87 bits per heavy atom. The van der Waals surface area contributed by atoms with E-state index < -0.39 is 0 Å². The van der Waals surface area contributed by atoms with Gasteiger partial charge < -0.3 is 19.9 Å². The highest BCUT2D eigenvalue weighted by Crippen LogP contribution is 2.34. The molecule has 2 heterocycles. The molecule has 30 heavy (non-hydrogen) atoms. The van der Waals surface area contributed by atoms with Crippen molar-refractivity contribution in [2.75, 3.05) is 25.5 Å². The first kappa shape index (κ1) is 20.0. The number of amides is 2. The summed E-state index contributed by atoms with van der Waals surface area (Å²) in [6.07, 6.45) is 4.40. The molecule has 0 aliphatic carbocycles. The monoisotopic (exact) mass is 405 g/mol. The van der Waals surface area contributed by atoms with Gasteiger partial charge in [-0.3, -0.25) is 9.59 Å². The van der Waals surface area contributed by atoms with Crippen molar-refractivity contribution in [2.24, 2.45) is 0 Å². The molecule has 0 saturated carbocycles. The van der Waals surface area contributed by atoms with E-state index in [9.17, 15) is 9.59 Å². The molecule has 0 spiro atoms. The third-order valence-corrected chi connectivity index (χ3v) is 5.84. The fraction of sp³-hybridized carbons (Fsp3) is 0.333. The van der Waals surface area contributed by atoms with Crippen LogP contribution in [0.4, 0.5) is 5.69 Å². The van der Waals surface area contributed by atoms with Crippen LogP contribution in [0, 0.1) is 0 Å². The number of anilines is 1. The third kappa shape index (κ3) is 4.32. The molecular weight excluding hydrogens is 378 g/mol. The second-order valence-electron chi connectivity index (χ2n) is 7.87. The van der Waals surface area contributed by atoms with Gasteiger partial charge in [-0.15, -0.1) is 0 Å². The molecule has 0 unspecified atom stereocenters. The normalized spacial score (nSPS) is 14.7. The number of piperidine rings is 1. The van der Waals surface area contributed by atoms with Crippen molar-refractivity contribution in [3.8, 4) is 5.75 Å². The van der Waals surface area contributed by atoms with Crippen LogP contribution in [0.15, 0.2) is 48.7 Å². The summed E-state index contributed by atoms with van der Waals surface area (Å²) in [6, 6.07) is 13.6. The highest BCUT2D eigenvalue weighted by molar-refractivity contribution is 5.88. The largest absolute Gasteiger partial charge is 0.497 e. The second-order valence-corrected chi connectivity index (χ2v) is 7.87. The van der Waals surface area contributed by atoms with Gasteiger partial charge in [-0.25, -0.2) is 0 Å². The lowest BCUT2D eigenvalue weighted by atomic mass is 9.89. The number of benzene rings is 2. The molecule has 156 valence electrons. The first-order valence-electron chi connectivity index (χ1n) is 10.3. The Kier molecular flexibility index (Phi) is 5.74. The van der Waals surface area contributed by atoms with Crippen molar-refractivity contribution in [3.05, 3.63) is 59.8 Å². The molecule has 2 N–H and O–H groups in total. The SMILES string of the molecule is COc1ccc2[nH]cc(C3CCN(C(=O)Cc4ccc(NC(C)=O)cc4)CC3)c2c1. The standard InChI is InChI=1S/C24H27N3O3/c1-16(28)26-19-5-3-17(4-6-19)13-24(29)27-11-9-18(10-12-27)22-15-25-23-8-7-20(30-2)14-21(22)23/h3-8,14-15,18,25H,9-13H2,1-2H3,(H,26,28). The van der Waals surface area contributed by atoms with Crippen molar-refractivity contribution in [1.29, 1.82) is 0 Å². The number of likely N-dealkylation sites (tertiary alicyclic amines) is 1. The number of aromatic amines is 1. The summed E-state index contributed by atoms with van der Waals surface area (Å²) in [5.41, 5.74) is 4.13. The Morgan fingerprint density at radius 3 is 2.53 bits per heavy atom. The fourth-order valence-corrected chi connectivity index (χ4v) is 4.22. The molecule has 1 aliphatic heterocycles. The zero-order chi connectivity index (χ0) is 21.1. The number of hydrogen-bond donors (Lipinski definition) is 2. The van der Waals surface area contributed by atoms with Gasteiger partial charge in [-0.1, -0.05) is 12.1 Å². The van der Waals surface area contributed by atoms with Gasteiger partial charge >= 0.3 is 0 Å². The highest BCUT2D eigenvalue weighted by Gasteiger charge is 2.25. The van der Waals surface area contributed by atoms with Gasteiger partial charge in [0.25, 0.3) is 0 Å². The molecular formula is C24H27N3O3. The van der Waals surface area contributed by atoms with E-state index in [2.05, 4.69) is 22.6 Å². The number of rotatable bonds is 5. The number of methoxy groups -OCH3 is 1. The predicted molar refractivity (Wildman–Crippen MR) is 118 cm³/mol. The van der Waals surface area contributed by atoms with Crippen molar-refractivity contribution in [1.82, 2.24) is 9.88 Å². The Hall–Kier alpha value is -3.28. The molecule has 4 rings (SSSR count). The van der Waals surface area contributed by atoms with E-state index in [1.807, 2.05) is 41.3 Å². The quantitative estimate of drug-likeness (QED) is 0.672. The number of carbonyl (C=O) groups excluding carboxylic acids is 2. The molecule has 1 aliphatic rings. The number of aromatic nitrogens is 1. The van der Waals surface area contributed by atoms with Gasteiger partial charge in [0.15, 0.2) is 0 Å². The number of carbonyl (C=O) groups is 2. The summed E-state index contributed by atoms with van der Waals surface area (Å²) in [5, 5.41) is 3.95. The average Bonchev–Trinajstić information content (AvgIpc) is 3.18.